The molecular formula is C21H23N3O5. The maximum absolute atomic E-state index is 12.5. The van der Waals surface area contributed by atoms with Crippen molar-refractivity contribution in [3.05, 3.63) is 69.8 Å². The van der Waals surface area contributed by atoms with Gasteiger partial charge in [0.1, 0.15) is 0 Å². The molecule has 1 fully saturated rings. The molecule has 2 aromatic rings. The van der Waals surface area contributed by atoms with Gasteiger partial charge in [0.05, 0.1) is 10.5 Å². The highest BCUT2D eigenvalue weighted by Gasteiger charge is 2.29. The Morgan fingerprint density at radius 1 is 1.21 bits per heavy atom. The normalized spacial score (nSPS) is 14.0. The minimum atomic E-state index is -0.793. The molecule has 1 aliphatic carbocycles. The predicted octanol–water partition coefficient (Wildman–Crippen LogP) is 3.28. The molecule has 2 N–H and O–H groups in total. The van der Waals surface area contributed by atoms with Crippen molar-refractivity contribution in [2.24, 2.45) is 5.92 Å². The number of nitrogens with one attached hydrogen (secondary N) is 2. The van der Waals surface area contributed by atoms with E-state index in [1.165, 1.54) is 12.1 Å². The van der Waals surface area contributed by atoms with Crippen molar-refractivity contribution in [3.63, 3.8) is 0 Å². The van der Waals surface area contributed by atoms with Crippen molar-refractivity contribution < 1.29 is 19.2 Å². The van der Waals surface area contributed by atoms with Gasteiger partial charge in [-0.3, -0.25) is 14.9 Å². The van der Waals surface area contributed by atoms with Crippen molar-refractivity contribution in [2.75, 3.05) is 11.9 Å². The third-order valence-corrected chi connectivity index (χ3v) is 4.81. The standard InChI is InChI=1S/C21H23N3O5/c1-14(16-7-8-16)23-20(25)13-29-21(26)18-11-17(24(27)28)9-10-19(18)22-12-15-5-3-2-4-6-15/h2-6,9-11,14,16,22H,7-8,12-13H2,1H3,(H,23,25)/t14-/m0/s1. The van der Waals surface area contributed by atoms with Crippen molar-refractivity contribution in [3.8, 4) is 0 Å². The summed E-state index contributed by atoms with van der Waals surface area (Å²) in [6.45, 7) is 1.92. The SMILES string of the molecule is C[C@H](NC(=O)COC(=O)c1cc([N+](=O)[O-])ccc1NCc1ccccc1)C1CC1. The minimum Gasteiger partial charge on any atom is -0.452 e. The second kappa shape index (κ2) is 9.18. The van der Waals surface area contributed by atoms with E-state index in [1.54, 1.807) is 0 Å². The fourth-order valence-electron chi connectivity index (χ4n) is 2.98. The minimum absolute atomic E-state index is 0.0122. The lowest BCUT2D eigenvalue weighted by molar-refractivity contribution is -0.384. The summed E-state index contributed by atoms with van der Waals surface area (Å²) in [6, 6.07) is 13.5. The molecular weight excluding hydrogens is 374 g/mol. The van der Waals surface area contributed by atoms with Crippen LogP contribution in [0.3, 0.4) is 0 Å². The Morgan fingerprint density at radius 3 is 2.59 bits per heavy atom. The van der Waals surface area contributed by atoms with E-state index in [0.29, 0.717) is 18.2 Å². The summed E-state index contributed by atoms with van der Waals surface area (Å²) in [5.74, 6) is -0.694. The van der Waals surface area contributed by atoms with Crippen LogP contribution < -0.4 is 10.6 Å². The molecule has 8 heteroatoms. The van der Waals surface area contributed by atoms with Gasteiger partial charge in [-0.25, -0.2) is 4.79 Å². The van der Waals surface area contributed by atoms with Crippen LogP contribution in [-0.2, 0) is 16.1 Å². The first-order valence-corrected chi connectivity index (χ1v) is 9.47. The molecule has 1 amide bonds. The molecule has 0 saturated heterocycles. The van der Waals surface area contributed by atoms with Gasteiger partial charge in [-0.2, -0.15) is 0 Å². The third kappa shape index (κ3) is 5.78. The number of rotatable bonds is 9. The van der Waals surface area contributed by atoms with Crippen LogP contribution in [0.2, 0.25) is 0 Å². The first-order chi connectivity index (χ1) is 13.9. The van der Waals surface area contributed by atoms with E-state index in [4.69, 9.17) is 4.74 Å². The molecule has 1 atom stereocenters. The molecule has 0 heterocycles. The maximum atomic E-state index is 12.5. The molecule has 0 aromatic heterocycles. The Morgan fingerprint density at radius 2 is 1.93 bits per heavy atom. The molecule has 0 spiro atoms. The molecule has 2 aromatic carbocycles. The van der Waals surface area contributed by atoms with Gasteiger partial charge in [0, 0.05) is 30.4 Å². The van der Waals surface area contributed by atoms with Crippen molar-refractivity contribution in [1.82, 2.24) is 5.32 Å². The molecule has 0 bridgehead atoms. The van der Waals surface area contributed by atoms with Crippen LogP contribution >= 0.6 is 0 Å². The Labute approximate surface area is 168 Å². The van der Waals surface area contributed by atoms with Crippen molar-refractivity contribution in [2.45, 2.75) is 32.4 Å². The van der Waals surface area contributed by atoms with Gasteiger partial charge in [-0.15, -0.1) is 0 Å². The molecule has 8 nitrogen and oxygen atoms in total. The number of nitro groups is 1. The number of amides is 1. The van der Waals surface area contributed by atoms with Gasteiger partial charge in [-0.05, 0) is 37.3 Å². The fraction of sp³-hybridized carbons (Fsp3) is 0.333. The average Bonchev–Trinajstić information content (AvgIpc) is 3.56. The largest absolute Gasteiger partial charge is 0.452 e. The molecule has 0 aliphatic heterocycles. The summed E-state index contributed by atoms with van der Waals surface area (Å²) in [5.41, 5.74) is 1.17. The lowest BCUT2D eigenvalue weighted by Crippen LogP contribution is -2.37. The number of hydrogen-bond donors (Lipinski definition) is 2. The van der Waals surface area contributed by atoms with Gasteiger partial charge in [0.2, 0.25) is 0 Å². The van der Waals surface area contributed by atoms with Crippen LogP contribution in [0.5, 0.6) is 0 Å². The predicted molar refractivity (Wildman–Crippen MR) is 107 cm³/mol. The molecule has 0 radical (unpaired) electrons. The number of carbonyl (C=O) groups is 2. The number of esters is 1. The summed E-state index contributed by atoms with van der Waals surface area (Å²) in [4.78, 5) is 35.0. The number of benzene rings is 2. The number of non-ortho nitro benzene ring substituents is 1. The number of ether oxygens (including phenoxy) is 1. The second-order valence-electron chi connectivity index (χ2n) is 7.10. The average molecular weight is 397 g/mol. The smallest absolute Gasteiger partial charge is 0.341 e. The second-order valence-corrected chi connectivity index (χ2v) is 7.10. The maximum Gasteiger partial charge on any atom is 0.341 e. The summed E-state index contributed by atoms with van der Waals surface area (Å²) in [7, 11) is 0. The highest BCUT2D eigenvalue weighted by molar-refractivity contribution is 5.97. The van der Waals surface area contributed by atoms with Gasteiger partial charge >= 0.3 is 5.97 Å². The van der Waals surface area contributed by atoms with Crippen LogP contribution in [-0.4, -0.2) is 29.4 Å². The number of nitrogens with zero attached hydrogens (tertiary/aromatic N) is 1. The van der Waals surface area contributed by atoms with Crippen LogP contribution in [0.1, 0.15) is 35.7 Å². The van der Waals surface area contributed by atoms with Gasteiger partial charge in [-0.1, -0.05) is 30.3 Å². The molecule has 0 unspecified atom stereocenters. The highest BCUT2D eigenvalue weighted by atomic mass is 16.6. The monoisotopic (exact) mass is 397 g/mol. The number of nitro benzene ring substituents is 1. The molecule has 1 saturated carbocycles. The zero-order valence-electron chi connectivity index (χ0n) is 16.1. The van der Waals surface area contributed by atoms with Crippen molar-refractivity contribution in [1.29, 1.82) is 0 Å². The first-order valence-electron chi connectivity index (χ1n) is 9.47. The molecule has 152 valence electrons. The number of carbonyl (C=O) groups excluding carboxylic acids is 2. The van der Waals surface area contributed by atoms with Gasteiger partial charge < -0.3 is 15.4 Å². The Kier molecular flexibility index (Phi) is 6.43. The van der Waals surface area contributed by atoms with Crippen LogP contribution in [0, 0.1) is 16.0 Å². The van der Waals surface area contributed by atoms with E-state index in [-0.39, 0.29) is 23.2 Å². The lowest BCUT2D eigenvalue weighted by atomic mass is 10.1. The van der Waals surface area contributed by atoms with E-state index >= 15 is 0 Å². The van der Waals surface area contributed by atoms with E-state index in [9.17, 15) is 19.7 Å². The Bertz CT molecular complexity index is 896. The topological polar surface area (TPSA) is 111 Å². The fourth-order valence-corrected chi connectivity index (χ4v) is 2.98. The van der Waals surface area contributed by atoms with Crippen LogP contribution in [0.25, 0.3) is 0 Å². The van der Waals surface area contributed by atoms with Gasteiger partial charge in [0.15, 0.2) is 6.61 Å². The van der Waals surface area contributed by atoms with Crippen LogP contribution in [0.4, 0.5) is 11.4 Å². The van der Waals surface area contributed by atoms with E-state index in [2.05, 4.69) is 10.6 Å². The summed E-state index contributed by atoms with van der Waals surface area (Å²) >= 11 is 0. The quantitative estimate of drug-likeness (QED) is 0.382. The molecule has 29 heavy (non-hydrogen) atoms. The van der Waals surface area contributed by atoms with E-state index in [0.717, 1.165) is 24.5 Å². The number of anilines is 1. The molecule has 1 aliphatic rings. The zero-order chi connectivity index (χ0) is 20.8. The Hall–Kier alpha value is -3.42. The van der Waals surface area contributed by atoms with E-state index < -0.39 is 17.5 Å². The van der Waals surface area contributed by atoms with Gasteiger partial charge in [0.25, 0.3) is 11.6 Å². The van der Waals surface area contributed by atoms with Crippen LogP contribution in [0.15, 0.2) is 48.5 Å². The Balaban J connectivity index is 1.67. The number of hydrogen-bond acceptors (Lipinski definition) is 6. The molecule has 3 rings (SSSR count). The zero-order valence-corrected chi connectivity index (χ0v) is 16.1. The summed E-state index contributed by atoms with van der Waals surface area (Å²) in [6.07, 6.45) is 2.18. The lowest BCUT2D eigenvalue weighted by Gasteiger charge is -2.14. The first kappa shape index (κ1) is 20.3. The summed E-state index contributed by atoms with van der Waals surface area (Å²) in [5, 5.41) is 17.0. The highest BCUT2D eigenvalue weighted by Crippen LogP contribution is 2.32. The van der Waals surface area contributed by atoms with E-state index in [1.807, 2.05) is 37.3 Å². The third-order valence-electron chi connectivity index (χ3n) is 4.81. The van der Waals surface area contributed by atoms with Crippen molar-refractivity contribution >= 4 is 23.3 Å². The summed E-state index contributed by atoms with van der Waals surface area (Å²) < 4.78 is 5.10.